The van der Waals surface area contributed by atoms with Gasteiger partial charge in [-0.3, -0.25) is 0 Å². The number of carboxylic acids is 1. The maximum Gasteiger partial charge on any atom is 0.357 e. The van der Waals surface area contributed by atoms with Crippen molar-refractivity contribution >= 4 is 5.97 Å². The third-order valence-corrected chi connectivity index (χ3v) is 1.86. The number of allylic oxidation sites excluding steroid dienone is 1. The second kappa shape index (κ2) is 5.73. The summed E-state index contributed by atoms with van der Waals surface area (Å²) < 4.78 is 10.1. The Morgan fingerprint density at radius 2 is 2.62 bits per heavy atom. The van der Waals surface area contributed by atoms with Crippen LogP contribution in [0.4, 0.5) is 0 Å². The van der Waals surface area contributed by atoms with Crippen LogP contribution in [-0.4, -0.2) is 29.3 Å². The number of aromatic carboxylic acids is 1. The zero-order valence-electron chi connectivity index (χ0n) is 8.71. The van der Waals surface area contributed by atoms with Gasteiger partial charge in [0.1, 0.15) is 6.26 Å². The van der Waals surface area contributed by atoms with E-state index in [1.165, 1.54) is 13.2 Å². The summed E-state index contributed by atoms with van der Waals surface area (Å²) in [5.41, 5.74) is -0.120. The third kappa shape index (κ3) is 3.26. The molecule has 0 aliphatic heterocycles. The Hall–Kier alpha value is -2.06. The summed E-state index contributed by atoms with van der Waals surface area (Å²) >= 11 is 0. The fourth-order valence-corrected chi connectivity index (χ4v) is 1.07. The van der Waals surface area contributed by atoms with Crippen molar-refractivity contribution in [3.8, 4) is 12.3 Å². The maximum atomic E-state index is 10.5. The van der Waals surface area contributed by atoms with E-state index >= 15 is 0 Å². The van der Waals surface area contributed by atoms with Crippen LogP contribution < -0.4 is 0 Å². The summed E-state index contributed by atoms with van der Waals surface area (Å²) in [6.07, 6.45) is 9.39. The van der Waals surface area contributed by atoms with Gasteiger partial charge in [0, 0.05) is 7.11 Å². The number of hydrogen-bond donors (Lipinski definition) is 1. The topological polar surface area (TPSA) is 72.6 Å². The minimum atomic E-state index is -1.12. The number of carboxylic acid groups (broad SMARTS) is 1. The highest BCUT2D eigenvalue weighted by Gasteiger charge is 2.13. The van der Waals surface area contributed by atoms with E-state index in [4.69, 9.17) is 20.7 Å². The van der Waals surface area contributed by atoms with Crippen LogP contribution in [0.1, 0.15) is 16.4 Å². The molecule has 0 unspecified atom stereocenters. The molecule has 0 saturated carbocycles. The maximum absolute atomic E-state index is 10.5. The largest absolute Gasteiger partial charge is 0.476 e. The van der Waals surface area contributed by atoms with Crippen molar-refractivity contribution in [2.24, 2.45) is 0 Å². The number of aromatic nitrogens is 1. The van der Waals surface area contributed by atoms with Crippen LogP contribution in [0.2, 0.25) is 0 Å². The number of oxazole rings is 1. The zero-order chi connectivity index (χ0) is 12.0. The lowest BCUT2D eigenvalue weighted by Gasteiger charge is -2.06. The van der Waals surface area contributed by atoms with Crippen LogP contribution in [0, 0.1) is 12.3 Å². The monoisotopic (exact) mass is 221 g/mol. The van der Waals surface area contributed by atoms with Gasteiger partial charge in [0.15, 0.2) is 11.6 Å². The molecule has 0 aromatic carbocycles. The van der Waals surface area contributed by atoms with Gasteiger partial charge in [-0.2, -0.15) is 0 Å². The molecule has 1 aromatic rings. The smallest absolute Gasteiger partial charge is 0.357 e. The zero-order valence-corrected chi connectivity index (χ0v) is 8.71. The molecule has 0 spiro atoms. The van der Waals surface area contributed by atoms with Crippen molar-refractivity contribution in [1.29, 1.82) is 0 Å². The van der Waals surface area contributed by atoms with Crippen LogP contribution in [0.15, 0.2) is 22.8 Å². The van der Waals surface area contributed by atoms with E-state index in [1.54, 1.807) is 6.08 Å². The highest BCUT2D eigenvalue weighted by molar-refractivity contribution is 5.84. The van der Waals surface area contributed by atoms with Crippen LogP contribution >= 0.6 is 0 Å². The minimum absolute atomic E-state index is 0.120. The molecule has 1 aromatic heterocycles. The molecular weight excluding hydrogens is 210 g/mol. The predicted molar refractivity (Wildman–Crippen MR) is 55.9 cm³/mol. The standard InChI is InChI=1S/C11H11NO4/c1-3-4-5-8(15-2)6-10-12-9(7-16-10)11(13)14/h1,4-5,7-8H,6H2,2H3,(H,13,14)/b5-4+/t8-/m0/s1. The van der Waals surface area contributed by atoms with Crippen molar-refractivity contribution in [3.63, 3.8) is 0 Å². The molecule has 16 heavy (non-hydrogen) atoms. The van der Waals surface area contributed by atoms with Crippen LogP contribution in [0.5, 0.6) is 0 Å². The van der Waals surface area contributed by atoms with Gasteiger partial charge in [-0.15, -0.1) is 6.42 Å². The average molecular weight is 221 g/mol. The Morgan fingerprint density at radius 1 is 1.88 bits per heavy atom. The first-order chi connectivity index (χ1) is 7.67. The number of carbonyl (C=O) groups is 1. The Balaban J connectivity index is 2.67. The minimum Gasteiger partial charge on any atom is -0.476 e. The Bertz CT molecular complexity index is 427. The molecule has 0 amide bonds. The van der Waals surface area contributed by atoms with Gasteiger partial charge < -0.3 is 14.3 Å². The molecule has 5 heteroatoms. The molecular formula is C11H11NO4. The molecule has 1 rings (SSSR count). The van der Waals surface area contributed by atoms with Gasteiger partial charge in [0.2, 0.25) is 0 Å². The summed E-state index contributed by atoms with van der Waals surface area (Å²) in [6.45, 7) is 0. The number of ether oxygens (including phenoxy) is 1. The first-order valence-corrected chi connectivity index (χ1v) is 4.50. The second-order valence-corrected chi connectivity index (χ2v) is 2.94. The highest BCUT2D eigenvalue weighted by atomic mass is 16.5. The normalized spacial score (nSPS) is 12.5. The van der Waals surface area contributed by atoms with E-state index < -0.39 is 5.97 Å². The summed E-state index contributed by atoms with van der Waals surface area (Å²) in [7, 11) is 1.52. The number of nitrogens with zero attached hydrogens (tertiary/aromatic N) is 1. The molecule has 0 bridgehead atoms. The van der Waals surface area contributed by atoms with Gasteiger partial charge in [-0.05, 0) is 12.2 Å². The third-order valence-electron chi connectivity index (χ3n) is 1.86. The van der Waals surface area contributed by atoms with Crippen LogP contribution in [0.25, 0.3) is 0 Å². The summed E-state index contributed by atoms with van der Waals surface area (Å²) in [5, 5.41) is 8.64. The van der Waals surface area contributed by atoms with E-state index in [9.17, 15) is 4.79 Å². The van der Waals surface area contributed by atoms with Crippen molar-refractivity contribution in [2.45, 2.75) is 12.5 Å². The molecule has 1 N–H and O–H groups in total. The molecule has 0 saturated heterocycles. The van der Waals surface area contributed by atoms with E-state index in [1.807, 2.05) is 0 Å². The molecule has 0 radical (unpaired) electrons. The Labute approximate surface area is 92.7 Å². The lowest BCUT2D eigenvalue weighted by molar-refractivity contribution is 0.0690. The second-order valence-electron chi connectivity index (χ2n) is 2.94. The fraction of sp³-hybridized carbons (Fsp3) is 0.273. The molecule has 5 nitrogen and oxygen atoms in total. The molecule has 0 fully saturated rings. The molecule has 1 heterocycles. The summed E-state index contributed by atoms with van der Waals surface area (Å²) in [6, 6.07) is 0. The van der Waals surface area contributed by atoms with Crippen molar-refractivity contribution in [2.75, 3.05) is 7.11 Å². The highest BCUT2D eigenvalue weighted by Crippen LogP contribution is 2.07. The number of rotatable bonds is 5. The van der Waals surface area contributed by atoms with E-state index in [0.717, 1.165) is 6.26 Å². The number of hydrogen-bond acceptors (Lipinski definition) is 4. The van der Waals surface area contributed by atoms with Gasteiger partial charge in [-0.1, -0.05) is 5.92 Å². The molecule has 0 aliphatic carbocycles. The number of terminal acetylenes is 1. The van der Waals surface area contributed by atoms with Gasteiger partial charge in [0.05, 0.1) is 12.5 Å². The van der Waals surface area contributed by atoms with E-state index in [0.29, 0.717) is 12.3 Å². The fourth-order valence-electron chi connectivity index (χ4n) is 1.07. The SMILES string of the molecule is C#C/C=C/[C@@H](Cc1nc(C(=O)O)co1)OC. The average Bonchev–Trinajstić information content (AvgIpc) is 2.72. The molecule has 1 atom stereocenters. The van der Waals surface area contributed by atoms with Crippen molar-refractivity contribution in [3.05, 3.63) is 30.0 Å². The molecule has 84 valence electrons. The first-order valence-electron chi connectivity index (χ1n) is 4.50. The number of methoxy groups -OCH3 is 1. The summed E-state index contributed by atoms with van der Waals surface area (Å²) in [4.78, 5) is 14.3. The van der Waals surface area contributed by atoms with Crippen molar-refractivity contribution in [1.82, 2.24) is 4.98 Å². The quantitative estimate of drug-likeness (QED) is 0.754. The van der Waals surface area contributed by atoms with Gasteiger partial charge >= 0.3 is 5.97 Å². The Morgan fingerprint density at radius 3 is 3.12 bits per heavy atom. The Kier molecular flexibility index (Phi) is 4.30. The van der Waals surface area contributed by atoms with Gasteiger partial charge in [0.25, 0.3) is 0 Å². The predicted octanol–water partition coefficient (Wildman–Crippen LogP) is 1.12. The first kappa shape index (κ1) is 12.0. The molecule has 0 aliphatic rings. The lowest BCUT2D eigenvalue weighted by atomic mass is 10.2. The van der Waals surface area contributed by atoms with Crippen molar-refractivity contribution < 1.29 is 19.1 Å². The lowest BCUT2D eigenvalue weighted by Crippen LogP contribution is -2.11. The summed E-state index contributed by atoms with van der Waals surface area (Å²) in [5.74, 6) is 1.51. The van der Waals surface area contributed by atoms with Crippen LogP contribution in [0.3, 0.4) is 0 Å². The van der Waals surface area contributed by atoms with E-state index in [-0.39, 0.29) is 11.8 Å². The van der Waals surface area contributed by atoms with E-state index in [2.05, 4.69) is 10.9 Å². The van der Waals surface area contributed by atoms with Gasteiger partial charge in [-0.25, -0.2) is 9.78 Å². The van der Waals surface area contributed by atoms with Crippen LogP contribution in [-0.2, 0) is 11.2 Å².